The fourth-order valence-corrected chi connectivity index (χ4v) is 3.36. The third kappa shape index (κ3) is 4.19. The summed E-state index contributed by atoms with van der Waals surface area (Å²) in [5, 5.41) is 3.43. The largest absolute Gasteiger partial charge is 0.487 e. The normalized spacial score (nSPS) is 18.3. The molecule has 0 aliphatic carbocycles. The number of nitrogens with zero attached hydrogens (tertiary/aromatic N) is 2. The van der Waals surface area contributed by atoms with E-state index >= 15 is 0 Å². The summed E-state index contributed by atoms with van der Waals surface area (Å²) in [6, 6.07) is 7.28. The summed E-state index contributed by atoms with van der Waals surface area (Å²) in [5.74, 6) is 2.04. The lowest BCUT2D eigenvalue weighted by Crippen LogP contribution is -2.48. The van der Waals surface area contributed by atoms with Crippen LogP contribution in [-0.4, -0.2) is 41.9 Å². The van der Waals surface area contributed by atoms with Crippen molar-refractivity contribution >= 4 is 17.6 Å². The van der Waals surface area contributed by atoms with Crippen molar-refractivity contribution in [3.63, 3.8) is 0 Å². The van der Waals surface area contributed by atoms with Gasteiger partial charge >= 0.3 is 6.03 Å². The summed E-state index contributed by atoms with van der Waals surface area (Å²) in [6.07, 6.45) is 4.86. The predicted molar refractivity (Wildman–Crippen MR) is 99.3 cm³/mol. The highest BCUT2D eigenvalue weighted by Gasteiger charge is 2.25. The minimum absolute atomic E-state index is 0.0880. The molecule has 1 saturated heterocycles. The summed E-state index contributed by atoms with van der Waals surface area (Å²) in [4.78, 5) is 18.3. The Hall–Kier alpha value is -2.67. The van der Waals surface area contributed by atoms with Gasteiger partial charge in [-0.1, -0.05) is 17.7 Å². The summed E-state index contributed by atoms with van der Waals surface area (Å²) < 4.78 is 16.6. The second-order valence-corrected chi connectivity index (χ2v) is 6.89. The van der Waals surface area contributed by atoms with E-state index in [4.69, 9.17) is 25.8 Å². The number of rotatable bonds is 4. The molecule has 1 aromatic heterocycles. The number of amides is 2. The van der Waals surface area contributed by atoms with Crippen LogP contribution < -0.4 is 19.5 Å². The fourth-order valence-electron chi connectivity index (χ4n) is 3.20. The van der Waals surface area contributed by atoms with E-state index in [1.54, 1.807) is 23.4 Å². The first-order valence-electron chi connectivity index (χ1n) is 8.86. The first-order valence-corrected chi connectivity index (χ1v) is 9.24. The van der Waals surface area contributed by atoms with E-state index in [0.29, 0.717) is 36.2 Å². The van der Waals surface area contributed by atoms with Crippen molar-refractivity contribution in [1.82, 2.24) is 15.2 Å². The molecule has 1 atom stereocenters. The number of carbonyl (C=O) groups excluding carboxylic acids is 1. The second-order valence-electron chi connectivity index (χ2n) is 6.48. The third-order valence-corrected chi connectivity index (χ3v) is 4.86. The van der Waals surface area contributed by atoms with Crippen LogP contribution in [0.2, 0.25) is 5.02 Å². The highest BCUT2D eigenvalue weighted by Crippen LogP contribution is 2.32. The molecule has 0 radical (unpaired) electrons. The van der Waals surface area contributed by atoms with Crippen LogP contribution in [0, 0.1) is 0 Å². The zero-order chi connectivity index (χ0) is 18.6. The Kier molecular flexibility index (Phi) is 5.20. The van der Waals surface area contributed by atoms with Gasteiger partial charge in [0.2, 0.25) is 6.79 Å². The van der Waals surface area contributed by atoms with E-state index in [1.807, 2.05) is 18.2 Å². The smallest absolute Gasteiger partial charge is 0.317 e. The Morgan fingerprint density at radius 2 is 2.22 bits per heavy atom. The molecule has 2 amide bonds. The summed E-state index contributed by atoms with van der Waals surface area (Å²) in [5.41, 5.74) is 0.959. The lowest BCUT2D eigenvalue weighted by atomic mass is 10.1. The van der Waals surface area contributed by atoms with Crippen molar-refractivity contribution in [2.75, 3.05) is 19.9 Å². The zero-order valence-electron chi connectivity index (χ0n) is 14.7. The van der Waals surface area contributed by atoms with Crippen LogP contribution in [-0.2, 0) is 6.54 Å². The van der Waals surface area contributed by atoms with E-state index in [-0.39, 0.29) is 18.9 Å². The van der Waals surface area contributed by atoms with Crippen molar-refractivity contribution < 1.29 is 19.0 Å². The molecule has 0 spiro atoms. The number of pyridine rings is 1. The number of hydrogen-bond acceptors (Lipinski definition) is 5. The van der Waals surface area contributed by atoms with Crippen molar-refractivity contribution in [3.05, 3.63) is 47.2 Å². The van der Waals surface area contributed by atoms with Gasteiger partial charge in [-0.15, -0.1) is 0 Å². The van der Waals surface area contributed by atoms with Crippen molar-refractivity contribution in [1.29, 1.82) is 0 Å². The molecule has 2 aromatic rings. The Morgan fingerprint density at radius 1 is 1.33 bits per heavy atom. The van der Waals surface area contributed by atoms with Gasteiger partial charge in [0.25, 0.3) is 0 Å². The molecule has 1 aromatic carbocycles. The number of likely N-dealkylation sites (tertiary alicyclic amines) is 1. The molecule has 7 nitrogen and oxygen atoms in total. The molecule has 1 fully saturated rings. The minimum atomic E-state index is -0.109. The number of nitrogens with one attached hydrogen (secondary N) is 1. The highest BCUT2D eigenvalue weighted by atomic mass is 35.5. The van der Waals surface area contributed by atoms with Crippen LogP contribution in [0.25, 0.3) is 0 Å². The molecular formula is C19H20ClN3O4. The van der Waals surface area contributed by atoms with Crippen LogP contribution >= 0.6 is 11.6 Å². The van der Waals surface area contributed by atoms with Gasteiger partial charge < -0.3 is 24.4 Å². The first-order chi connectivity index (χ1) is 13.2. The monoisotopic (exact) mass is 389 g/mol. The zero-order valence-corrected chi connectivity index (χ0v) is 15.4. The summed E-state index contributed by atoms with van der Waals surface area (Å²) in [7, 11) is 0. The van der Waals surface area contributed by atoms with Crippen LogP contribution in [0.3, 0.4) is 0 Å². The topological polar surface area (TPSA) is 72.9 Å². The lowest BCUT2D eigenvalue weighted by Gasteiger charge is -2.33. The Labute approximate surface area is 162 Å². The molecular weight excluding hydrogens is 370 g/mol. The number of aromatic nitrogens is 1. The number of hydrogen-bond donors (Lipinski definition) is 1. The number of piperidine rings is 1. The van der Waals surface area contributed by atoms with Gasteiger partial charge in [-0.25, -0.2) is 4.79 Å². The maximum atomic E-state index is 12.5. The van der Waals surface area contributed by atoms with Crippen LogP contribution in [0.15, 0.2) is 36.7 Å². The molecule has 0 bridgehead atoms. The standard InChI is InChI=1S/C19H20ClN3O4/c20-15-10-21-6-5-16(15)27-14-2-1-7-23(11-14)19(24)22-9-13-3-4-17-18(8-13)26-12-25-17/h3-6,8,10,14H,1-2,7,9,11-12H2,(H,22,24). The van der Waals surface area contributed by atoms with Gasteiger partial charge in [0, 0.05) is 31.5 Å². The number of urea groups is 1. The maximum Gasteiger partial charge on any atom is 0.317 e. The van der Waals surface area contributed by atoms with Gasteiger partial charge in [-0.2, -0.15) is 0 Å². The van der Waals surface area contributed by atoms with Gasteiger partial charge in [0.1, 0.15) is 16.9 Å². The summed E-state index contributed by atoms with van der Waals surface area (Å²) >= 11 is 6.10. The van der Waals surface area contributed by atoms with Crippen molar-refractivity contribution in [2.24, 2.45) is 0 Å². The molecule has 3 heterocycles. The van der Waals surface area contributed by atoms with Crippen molar-refractivity contribution in [2.45, 2.75) is 25.5 Å². The molecule has 2 aliphatic rings. The number of ether oxygens (including phenoxy) is 3. The molecule has 4 rings (SSSR count). The number of halogens is 1. The van der Waals surface area contributed by atoms with Gasteiger partial charge in [0.05, 0.1) is 6.54 Å². The highest BCUT2D eigenvalue weighted by molar-refractivity contribution is 6.31. The van der Waals surface area contributed by atoms with E-state index in [1.165, 1.54) is 0 Å². The lowest BCUT2D eigenvalue weighted by molar-refractivity contribution is 0.101. The van der Waals surface area contributed by atoms with Gasteiger partial charge in [-0.3, -0.25) is 4.98 Å². The van der Waals surface area contributed by atoms with Crippen LogP contribution in [0.4, 0.5) is 4.79 Å². The number of carbonyl (C=O) groups is 1. The van der Waals surface area contributed by atoms with Crippen LogP contribution in [0.1, 0.15) is 18.4 Å². The quantitative estimate of drug-likeness (QED) is 0.869. The predicted octanol–water partition coefficient (Wildman–Crippen LogP) is 3.22. The van der Waals surface area contributed by atoms with Crippen molar-refractivity contribution in [3.8, 4) is 17.2 Å². The van der Waals surface area contributed by atoms with E-state index < -0.39 is 0 Å². The van der Waals surface area contributed by atoms with E-state index in [2.05, 4.69) is 10.3 Å². The molecule has 0 saturated carbocycles. The second kappa shape index (κ2) is 7.92. The van der Waals surface area contributed by atoms with Gasteiger partial charge in [-0.05, 0) is 30.5 Å². The average molecular weight is 390 g/mol. The Bertz CT molecular complexity index is 832. The molecule has 2 aliphatic heterocycles. The molecule has 142 valence electrons. The third-order valence-electron chi connectivity index (χ3n) is 4.57. The maximum absolute atomic E-state index is 12.5. The van der Waals surface area contributed by atoms with E-state index in [0.717, 1.165) is 24.2 Å². The van der Waals surface area contributed by atoms with E-state index in [9.17, 15) is 4.79 Å². The first kappa shape index (κ1) is 17.7. The SMILES string of the molecule is O=C(NCc1ccc2c(c1)OCO2)N1CCCC(Oc2ccncc2Cl)C1. The van der Waals surface area contributed by atoms with Crippen LogP contribution in [0.5, 0.6) is 17.2 Å². The van der Waals surface area contributed by atoms with Gasteiger partial charge in [0.15, 0.2) is 11.5 Å². The Morgan fingerprint density at radius 3 is 3.11 bits per heavy atom. The number of fused-ring (bicyclic) bond motifs is 1. The molecule has 8 heteroatoms. The Balaban J connectivity index is 1.31. The molecule has 1 N–H and O–H groups in total. The average Bonchev–Trinajstić information content (AvgIpc) is 3.16. The number of benzene rings is 1. The molecule has 1 unspecified atom stereocenters. The molecule has 27 heavy (non-hydrogen) atoms. The fraction of sp³-hybridized carbons (Fsp3) is 0.368. The minimum Gasteiger partial charge on any atom is -0.487 e. The summed E-state index contributed by atoms with van der Waals surface area (Å²) in [6.45, 7) is 1.89.